The Kier molecular flexibility index (Phi) is 8.63. The number of thioether (sulfide) groups is 1. The number of benzene rings is 3. The van der Waals surface area contributed by atoms with Crippen LogP contribution >= 0.6 is 11.8 Å². The lowest BCUT2D eigenvalue weighted by Crippen LogP contribution is -2.21. The van der Waals surface area contributed by atoms with Gasteiger partial charge >= 0.3 is 0 Å². The molecule has 0 aliphatic heterocycles. The SMILES string of the molecule is CCOc1ccc(-n2c(SCC(=O)N/N=C(/C)c3ccc(-c4ccccc4)cc3)nnc2-c2cccnc2)cc1. The van der Waals surface area contributed by atoms with Crippen molar-refractivity contribution in [1.29, 1.82) is 0 Å². The van der Waals surface area contributed by atoms with Crippen molar-refractivity contribution in [2.24, 2.45) is 5.10 Å². The Labute approximate surface area is 237 Å². The molecule has 0 unspecified atom stereocenters. The van der Waals surface area contributed by atoms with Crippen molar-refractivity contribution in [3.05, 3.63) is 109 Å². The molecule has 3 aromatic carbocycles. The number of aromatic nitrogens is 4. The van der Waals surface area contributed by atoms with Gasteiger partial charge in [-0.1, -0.05) is 66.4 Å². The summed E-state index contributed by atoms with van der Waals surface area (Å²) in [5, 5.41) is 13.7. The average molecular weight is 549 g/mol. The number of nitrogens with one attached hydrogen (secondary N) is 1. The van der Waals surface area contributed by atoms with Gasteiger partial charge < -0.3 is 4.74 Å². The van der Waals surface area contributed by atoms with Gasteiger partial charge in [-0.05, 0) is 66.9 Å². The Balaban J connectivity index is 1.28. The minimum Gasteiger partial charge on any atom is -0.494 e. The second-order valence-corrected chi connectivity index (χ2v) is 9.72. The molecular weight excluding hydrogens is 520 g/mol. The van der Waals surface area contributed by atoms with Crippen LogP contribution in [0.4, 0.5) is 0 Å². The third kappa shape index (κ3) is 6.44. The number of ether oxygens (including phenoxy) is 1. The van der Waals surface area contributed by atoms with Crippen LogP contribution in [-0.4, -0.2) is 43.7 Å². The van der Waals surface area contributed by atoms with E-state index in [0.29, 0.717) is 17.6 Å². The highest BCUT2D eigenvalue weighted by Crippen LogP contribution is 2.28. The van der Waals surface area contributed by atoms with E-state index >= 15 is 0 Å². The highest BCUT2D eigenvalue weighted by molar-refractivity contribution is 7.99. The fraction of sp³-hybridized carbons (Fsp3) is 0.129. The van der Waals surface area contributed by atoms with Crippen LogP contribution in [0.15, 0.2) is 114 Å². The Bertz CT molecular complexity index is 1590. The van der Waals surface area contributed by atoms with Crippen molar-refractivity contribution >= 4 is 23.4 Å². The molecule has 8 nitrogen and oxygen atoms in total. The third-order valence-electron chi connectivity index (χ3n) is 6.05. The molecule has 0 saturated heterocycles. The predicted molar refractivity (Wildman–Crippen MR) is 159 cm³/mol. The molecule has 0 saturated carbocycles. The van der Waals surface area contributed by atoms with Gasteiger partial charge in [-0.2, -0.15) is 5.10 Å². The number of carbonyl (C=O) groups excluding carboxylic acids is 1. The summed E-state index contributed by atoms with van der Waals surface area (Å²) in [5.41, 5.74) is 8.26. The second-order valence-electron chi connectivity index (χ2n) is 8.77. The lowest BCUT2D eigenvalue weighted by atomic mass is 10.0. The molecule has 1 amide bonds. The van der Waals surface area contributed by atoms with Crippen molar-refractivity contribution in [1.82, 2.24) is 25.2 Å². The van der Waals surface area contributed by atoms with Crippen molar-refractivity contribution in [2.45, 2.75) is 19.0 Å². The molecule has 9 heteroatoms. The van der Waals surface area contributed by atoms with Gasteiger partial charge in [-0.3, -0.25) is 14.3 Å². The van der Waals surface area contributed by atoms with E-state index in [2.05, 4.69) is 50.0 Å². The van der Waals surface area contributed by atoms with Crippen LogP contribution in [0, 0.1) is 0 Å². The molecule has 40 heavy (non-hydrogen) atoms. The number of amides is 1. The van der Waals surface area contributed by atoms with Gasteiger partial charge in [0.25, 0.3) is 5.91 Å². The van der Waals surface area contributed by atoms with E-state index in [-0.39, 0.29) is 11.7 Å². The summed E-state index contributed by atoms with van der Waals surface area (Å²) in [6.07, 6.45) is 3.45. The minimum absolute atomic E-state index is 0.117. The van der Waals surface area contributed by atoms with Crippen molar-refractivity contribution < 1.29 is 9.53 Å². The molecule has 0 atom stereocenters. The van der Waals surface area contributed by atoms with Crippen molar-refractivity contribution in [2.75, 3.05) is 12.4 Å². The van der Waals surface area contributed by atoms with Crippen LogP contribution in [0.25, 0.3) is 28.2 Å². The average Bonchev–Trinajstić information content (AvgIpc) is 3.44. The Morgan fingerprint density at radius 3 is 2.33 bits per heavy atom. The normalized spacial score (nSPS) is 11.3. The molecule has 1 N–H and O–H groups in total. The van der Waals surface area contributed by atoms with Gasteiger partial charge in [0.15, 0.2) is 11.0 Å². The van der Waals surface area contributed by atoms with Crippen LogP contribution in [0.5, 0.6) is 5.75 Å². The maximum absolute atomic E-state index is 12.7. The van der Waals surface area contributed by atoms with Gasteiger partial charge in [-0.25, -0.2) is 5.43 Å². The fourth-order valence-electron chi connectivity index (χ4n) is 4.04. The summed E-state index contributed by atoms with van der Waals surface area (Å²) in [6.45, 7) is 4.40. The fourth-order valence-corrected chi connectivity index (χ4v) is 4.79. The summed E-state index contributed by atoms with van der Waals surface area (Å²) in [6, 6.07) is 29.7. The van der Waals surface area contributed by atoms with Crippen LogP contribution in [0.2, 0.25) is 0 Å². The molecule has 0 aliphatic carbocycles. The van der Waals surface area contributed by atoms with E-state index in [9.17, 15) is 4.79 Å². The summed E-state index contributed by atoms with van der Waals surface area (Å²) in [4.78, 5) is 16.9. The van der Waals surface area contributed by atoms with E-state index < -0.39 is 0 Å². The maximum atomic E-state index is 12.7. The summed E-state index contributed by atoms with van der Waals surface area (Å²) in [7, 11) is 0. The van der Waals surface area contributed by atoms with Crippen LogP contribution in [0.3, 0.4) is 0 Å². The van der Waals surface area contributed by atoms with Crippen LogP contribution < -0.4 is 10.2 Å². The van der Waals surface area contributed by atoms with E-state index in [1.807, 2.05) is 85.1 Å². The zero-order valence-electron chi connectivity index (χ0n) is 22.2. The number of nitrogens with zero attached hydrogens (tertiary/aromatic N) is 5. The monoisotopic (exact) mass is 548 g/mol. The Morgan fingerprint density at radius 1 is 0.900 bits per heavy atom. The van der Waals surface area contributed by atoms with E-state index in [4.69, 9.17) is 4.74 Å². The molecule has 5 aromatic rings. The second kappa shape index (κ2) is 12.9. The Hall–Kier alpha value is -4.76. The van der Waals surface area contributed by atoms with Crippen molar-refractivity contribution in [3.63, 3.8) is 0 Å². The summed E-state index contributed by atoms with van der Waals surface area (Å²) >= 11 is 1.28. The predicted octanol–water partition coefficient (Wildman–Crippen LogP) is 6.03. The first-order valence-electron chi connectivity index (χ1n) is 12.8. The Morgan fingerprint density at radius 2 is 1.62 bits per heavy atom. The topological polar surface area (TPSA) is 94.3 Å². The smallest absolute Gasteiger partial charge is 0.250 e. The molecular formula is C31H28N6O2S. The van der Waals surface area contributed by atoms with E-state index in [0.717, 1.165) is 39.4 Å². The standard InChI is InChI=1S/C31H28N6O2S/c1-3-39-28-17-15-27(16-18-28)37-30(26-10-7-19-32-20-26)35-36-31(37)40-21-29(38)34-33-22(2)23-11-13-25(14-12-23)24-8-5-4-6-9-24/h4-20H,3,21H2,1-2H3,(H,34,38)/b33-22-. The molecule has 5 rings (SSSR count). The zero-order chi connectivity index (χ0) is 27.7. The van der Waals surface area contributed by atoms with E-state index in [1.54, 1.807) is 12.4 Å². The van der Waals surface area contributed by atoms with E-state index in [1.165, 1.54) is 11.8 Å². The number of hydrogen-bond donors (Lipinski definition) is 1. The van der Waals surface area contributed by atoms with Gasteiger partial charge in [0.1, 0.15) is 5.75 Å². The maximum Gasteiger partial charge on any atom is 0.250 e. The van der Waals surface area contributed by atoms with Gasteiger partial charge in [-0.15, -0.1) is 10.2 Å². The minimum atomic E-state index is -0.241. The number of hydrogen-bond acceptors (Lipinski definition) is 7. The third-order valence-corrected chi connectivity index (χ3v) is 6.98. The molecule has 0 radical (unpaired) electrons. The number of hydrazone groups is 1. The van der Waals surface area contributed by atoms with Gasteiger partial charge in [0.05, 0.1) is 18.1 Å². The van der Waals surface area contributed by atoms with Crippen LogP contribution in [-0.2, 0) is 4.79 Å². The first-order valence-corrected chi connectivity index (χ1v) is 13.8. The number of pyridine rings is 1. The highest BCUT2D eigenvalue weighted by atomic mass is 32.2. The van der Waals surface area contributed by atoms with Crippen molar-refractivity contribution in [3.8, 4) is 34.0 Å². The molecule has 0 fully saturated rings. The molecule has 200 valence electrons. The zero-order valence-corrected chi connectivity index (χ0v) is 23.0. The molecule has 0 aliphatic rings. The number of carbonyl (C=O) groups is 1. The van der Waals surface area contributed by atoms with Gasteiger partial charge in [0.2, 0.25) is 0 Å². The molecule has 0 bridgehead atoms. The first kappa shape index (κ1) is 26.8. The quantitative estimate of drug-likeness (QED) is 0.130. The lowest BCUT2D eigenvalue weighted by molar-refractivity contribution is -0.118. The summed E-state index contributed by atoms with van der Waals surface area (Å²) in [5.74, 6) is 1.28. The van der Waals surface area contributed by atoms with Gasteiger partial charge in [0, 0.05) is 23.6 Å². The highest BCUT2D eigenvalue weighted by Gasteiger charge is 2.17. The molecule has 0 spiro atoms. The molecule has 2 heterocycles. The first-order chi connectivity index (χ1) is 19.6. The molecule has 2 aromatic heterocycles. The van der Waals surface area contributed by atoms with Crippen LogP contribution in [0.1, 0.15) is 19.4 Å². The largest absolute Gasteiger partial charge is 0.494 e. The number of rotatable bonds is 10. The lowest BCUT2D eigenvalue weighted by Gasteiger charge is -2.11. The summed E-state index contributed by atoms with van der Waals surface area (Å²) < 4.78 is 7.50.